The van der Waals surface area contributed by atoms with E-state index in [0.29, 0.717) is 12.8 Å². The molecule has 0 saturated heterocycles. The quantitative estimate of drug-likeness (QED) is 0.762. The van der Waals surface area contributed by atoms with Gasteiger partial charge in [0.2, 0.25) is 0 Å². The maximum absolute atomic E-state index is 12.5. The molecule has 0 amide bonds. The number of nitrogens with two attached hydrogens (primary N) is 1. The molecular formula is C11H16F3N3O. The van der Waals surface area contributed by atoms with E-state index in [1.54, 1.807) is 6.92 Å². The molecule has 0 aliphatic rings. The summed E-state index contributed by atoms with van der Waals surface area (Å²) >= 11 is 0. The maximum atomic E-state index is 12.5. The number of rotatable bonds is 5. The number of aromatic nitrogens is 1. The molecule has 0 aliphatic heterocycles. The molecule has 1 aromatic heterocycles. The monoisotopic (exact) mass is 263 g/mol. The van der Waals surface area contributed by atoms with Crippen molar-refractivity contribution in [2.24, 2.45) is 0 Å². The summed E-state index contributed by atoms with van der Waals surface area (Å²) in [6, 6.07) is 1.63. The number of pyridine rings is 1. The zero-order valence-electron chi connectivity index (χ0n) is 9.96. The number of alkyl halides is 3. The molecule has 0 spiro atoms. The zero-order valence-corrected chi connectivity index (χ0v) is 9.96. The van der Waals surface area contributed by atoms with Crippen LogP contribution >= 0.6 is 0 Å². The number of nitrogen functional groups attached to an aromatic ring is 1. The first kappa shape index (κ1) is 14.6. The lowest BCUT2D eigenvalue weighted by atomic mass is 10.2. The molecule has 0 radical (unpaired) electrons. The van der Waals surface area contributed by atoms with Crippen LogP contribution in [0.1, 0.15) is 25.3 Å². The van der Waals surface area contributed by atoms with Gasteiger partial charge in [0.05, 0.1) is 5.56 Å². The Morgan fingerprint density at radius 1 is 1.44 bits per heavy atom. The van der Waals surface area contributed by atoms with Gasteiger partial charge in [0, 0.05) is 12.6 Å². The Labute approximate surface area is 103 Å². The number of aliphatic hydroxyl groups excluding tert-OH is 1. The van der Waals surface area contributed by atoms with Gasteiger partial charge >= 0.3 is 6.18 Å². The van der Waals surface area contributed by atoms with E-state index >= 15 is 0 Å². The van der Waals surface area contributed by atoms with Crippen molar-refractivity contribution >= 4 is 11.6 Å². The molecule has 1 rings (SSSR count). The van der Waals surface area contributed by atoms with Crippen molar-refractivity contribution in [2.75, 3.05) is 17.7 Å². The highest BCUT2D eigenvalue weighted by atomic mass is 19.4. The van der Waals surface area contributed by atoms with Gasteiger partial charge in [-0.1, -0.05) is 0 Å². The highest BCUT2D eigenvalue weighted by Gasteiger charge is 2.31. The van der Waals surface area contributed by atoms with Crippen molar-refractivity contribution in [3.05, 3.63) is 17.7 Å². The van der Waals surface area contributed by atoms with Gasteiger partial charge in [-0.2, -0.15) is 13.2 Å². The predicted molar refractivity (Wildman–Crippen MR) is 63.1 cm³/mol. The van der Waals surface area contributed by atoms with Gasteiger partial charge in [0.25, 0.3) is 0 Å². The Morgan fingerprint density at radius 2 is 2.11 bits per heavy atom. The molecule has 1 atom stereocenters. The van der Waals surface area contributed by atoms with Crippen LogP contribution < -0.4 is 11.1 Å². The fourth-order valence-corrected chi connectivity index (χ4v) is 1.51. The first-order chi connectivity index (χ1) is 8.32. The number of hydrogen-bond donors (Lipinski definition) is 3. The molecule has 0 bridgehead atoms. The maximum Gasteiger partial charge on any atom is 0.416 e. The van der Waals surface area contributed by atoms with E-state index in [9.17, 15) is 13.2 Å². The third-order valence-corrected chi connectivity index (χ3v) is 2.36. The second-order valence-corrected chi connectivity index (χ2v) is 4.07. The number of hydrogen-bond acceptors (Lipinski definition) is 4. The Kier molecular flexibility index (Phi) is 4.77. The van der Waals surface area contributed by atoms with Gasteiger partial charge in [-0.25, -0.2) is 4.98 Å². The van der Waals surface area contributed by atoms with E-state index in [1.807, 2.05) is 0 Å². The van der Waals surface area contributed by atoms with Gasteiger partial charge in [-0.15, -0.1) is 0 Å². The molecule has 102 valence electrons. The fourth-order valence-electron chi connectivity index (χ4n) is 1.51. The Bertz CT molecular complexity index is 396. The summed E-state index contributed by atoms with van der Waals surface area (Å²) in [4.78, 5) is 3.80. The van der Waals surface area contributed by atoms with E-state index in [-0.39, 0.29) is 24.3 Å². The van der Waals surface area contributed by atoms with Crippen molar-refractivity contribution in [2.45, 2.75) is 32.0 Å². The summed E-state index contributed by atoms with van der Waals surface area (Å²) in [5.41, 5.74) is 4.51. The first-order valence-corrected chi connectivity index (χ1v) is 5.55. The van der Waals surface area contributed by atoms with Crippen LogP contribution in [0.4, 0.5) is 24.8 Å². The highest BCUT2D eigenvalue weighted by Crippen LogP contribution is 2.31. The van der Waals surface area contributed by atoms with Gasteiger partial charge in [0.1, 0.15) is 11.6 Å². The minimum Gasteiger partial charge on any atom is -0.396 e. The lowest BCUT2D eigenvalue weighted by molar-refractivity contribution is -0.137. The second-order valence-electron chi connectivity index (χ2n) is 4.07. The SMILES string of the molecule is CC(CCCO)Nc1cc(C(F)(F)F)cc(N)n1. The minimum atomic E-state index is -4.44. The van der Waals surface area contributed by atoms with Gasteiger partial charge < -0.3 is 16.2 Å². The van der Waals surface area contributed by atoms with Gasteiger partial charge in [0.15, 0.2) is 0 Å². The molecular weight excluding hydrogens is 247 g/mol. The Morgan fingerprint density at radius 3 is 2.67 bits per heavy atom. The second kappa shape index (κ2) is 5.90. The molecule has 18 heavy (non-hydrogen) atoms. The van der Waals surface area contributed by atoms with E-state index in [0.717, 1.165) is 12.1 Å². The summed E-state index contributed by atoms with van der Waals surface area (Å²) < 4.78 is 37.6. The molecule has 4 N–H and O–H groups in total. The average Bonchev–Trinajstić information content (AvgIpc) is 2.24. The van der Waals surface area contributed by atoms with Crippen LogP contribution in [0.15, 0.2) is 12.1 Å². The number of nitrogens with one attached hydrogen (secondary N) is 1. The molecule has 4 nitrogen and oxygen atoms in total. The molecule has 0 aromatic carbocycles. The molecule has 1 heterocycles. The van der Waals surface area contributed by atoms with Gasteiger partial charge in [-0.3, -0.25) is 0 Å². The third kappa shape index (κ3) is 4.40. The molecule has 0 aliphatic carbocycles. The Hall–Kier alpha value is -1.50. The summed E-state index contributed by atoms with van der Waals surface area (Å²) in [7, 11) is 0. The summed E-state index contributed by atoms with van der Waals surface area (Å²) in [6.45, 7) is 1.85. The first-order valence-electron chi connectivity index (χ1n) is 5.55. The molecule has 7 heteroatoms. The summed E-state index contributed by atoms with van der Waals surface area (Å²) in [5, 5.41) is 11.5. The highest BCUT2D eigenvalue weighted by molar-refractivity contribution is 5.47. The normalized spacial score (nSPS) is 13.4. The van der Waals surface area contributed by atoms with E-state index in [4.69, 9.17) is 10.8 Å². The van der Waals surface area contributed by atoms with Crippen LogP contribution in [-0.4, -0.2) is 22.7 Å². The third-order valence-electron chi connectivity index (χ3n) is 2.36. The van der Waals surface area contributed by atoms with Crippen LogP contribution in [0.5, 0.6) is 0 Å². The van der Waals surface area contributed by atoms with E-state index in [1.165, 1.54) is 0 Å². The van der Waals surface area contributed by atoms with E-state index in [2.05, 4.69) is 10.3 Å². The number of nitrogens with zero attached hydrogens (tertiary/aromatic N) is 1. The van der Waals surface area contributed by atoms with Crippen LogP contribution in [-0.2, 0) is 6.18 Å². The Balaban J connectivity index is 2.80. The largest absolute Gasteiger partial charge is 0.416 e. The molecule has 0 saturated carbocycles. The molecule has 1 aromatic rings. The minimum absolute atomic E-state index is 0.0458. The van der Waals surface area contributed by atoms with Crippen molar-refractivity contribution in [3.8, 4) is 0 Å². The summed E-state index contributed by atoms with van der Waals surface area (Å²) in [5.74, 6) is -0.0885. The molecule has 0 fully saturated rings. The predicted octanol–water partition coefficient (Wildman–Crippen LogP) is 2.26. The summed E-state index contributed by atoms with van der Waals surface area (Å²) in [6.07, 6.45) is -3.24. The van der Waals surface area contributed by atoms with Crippen molar-refractivity contribution < 1.29 is 18.3 Å². The average molecular weight is 263 g/mol. The number of halogens is 3. The lowest BCUT2D eigenvalue weighted by Gasteiger charge is -2.16. The zero-order chi connectivity index (χ0) is 13.8. The van der Waals surface area contributed by atoms with Gasteiger partial charge in [-0.05, 0) is 31.9 Å². The van der Waals surface area contributed by atoms with Crippen molar-refractivity contribution in [1.29, 1.82) is 0 Å². The van der Waals surface area contributed by atoms with Crippen LogP contribution in [0.25, 0.3) is 0 Å². The van der Waals surface area contributed by atoms with Crippen LogP contribution in [0.3, 0.4) is 0 Å². The van der Waals surface area contributed by atoms with Crippen LogP contribution in [0, 0.1) is 0 Å². The lowest BCUT2D eigenvalue weighted by Crippen LogP contribution is -2.18. The van der Waals surface area contributed by atoms with Crippen molar-refractivity contribution in [1.82, 2.24) is 4.98 Å². The van der Waals surface area contributed by atoms with E-state index < -0.39 is 11.7 Å². The topological polar surface area (TPSA) is 71.2 Å². The number of aliphatic hydroxyl groups is 1. The van der Waals surface area contributed by atoms with Crippen molar-refractivity contribution in [3.63, 3.8) is 0 Å². The molecule has 1 unspecified atom stereocenters. The van der Waals surface area contributed by atoms with Crippen LogP contribution in [0.2, 0.25) is 0 Å². The smallest absolute Gasteiger partial charge is 0.396 e. The standard InChI is InChI=1S/C11H16F3N3O/c1-7(3-2-4-18)16-10-6-8(11(12,13)14)5-9(15)17-10/h5-7,18H,2-4H2,1H3,(H3,15,16,17). The number of anilines is 2. The fraction of sp³-hybridized carbons (Fsp3) is 0.545.